The van der Waals surface area contributed by atoms with Gasteiger partial charge in [-0.05, 0) is 53.9 Å². The van der Waals surface area contributed by atoms with Crippen LogP contribution in [0.25, 0.3) is 11.0 Å². The van der Waals surface area contributed by atoms with Crippen molar-refractivity contribution in [2.24, 2.45) is 0 Å². The Morgan fingerprint density at radius 3 is 2.81 bits per heavy atom. The van der Waals surface area contributed by atoms with Crippen LogP contribution in [0.1, 0.15) is 11.3 Å². The van der Waals surface area contributed by atoms with E-state index in [0.717, 1.165) is 31.6 Å². The van der Waals surface area contributed by atoms with Gasteiger partial charge in [0, 0.05) is 14.5 Å². The molecule has 0 amide bonds. The van der Waals surface area contributed by atoms with Gasteiger partial charge in [0.05, 0.1) is 6.54 Å². The van der Waals surface area contributed by atoms with Crippen molar-refractivity contribution in [2.75, 3.05) is 7.05 Å². The number of fused-ring (bicyclic) bond motifs is 1. The van der Waals surface area contributed by atoms with E-state index in [9.17, 15) is 0 Å². The molecule has 2 aromatic carbocycles. The fourth-order valence-electron chi connectivity index (χ4n) is 2.32. The zero-order valence-corrected chi connectivity index (χ0v) is 13.9. The summed E-state index contributed by atoms with van der Waals surface area (Å²) in [6.45, 7) is 1.20. The monoisotopic (exact) mass is 393 g/mol. The van der Waals surface area contributed by atoms with Crippen molar-refractivity contribution in [3.05, 3.63) is 63.4 Å². The van der Waals surface area contributed by atoms with Gasteiger partial charge in [0.15, 0.2) is 0 Å². The standard InChI is InChI=1S/C17H16INO2/c1-19-10-17-15(14-7-2-3-8-16(14)21-17)11-20-13-6-4-5-12(18)9-13/h2-9,19H,10-11H2,1H3. The minimum Gasteiger partial charge on any atom is -0.489 e. The molecule has 4 heteroatoms. The normalized spacial score (nSPS) is 11.0. The van der Waals surface area contributed by atoms with Gasteiger partial charge in [-0.3, -0.25) is 0 Å². The summed E-state index contributed by atoms with van der Waals surface area (Å²) in [5.41, 5.74) is 2.02. The Morgan fingerprint density at radius 2 is 2.00 bits per heavy atom. The molecule has 108 valence electrons. The molecular formula is C17H16INO2. The Balaban J connectivity index is 1.89. The van der Waals surface area contributed by atoms with Gasteiger partial charge >= 0.3 is 0 Å². The molecule has 0 saturated carbocycles. The van der Waals surface area contributed by atoms with Crippen molar-refractivity contribution in [2.45, 2.75) is 13.2 Å². The van der Waals surface area contributed by atoms with E-state index >= 15 is 0 Å². The molecule has 0 radical (unpaired) electrons. The maximum absolute atomic E-state index is 5.93. The average Bonchev–Trinajstić information content (AvgIpc) is 2.83. The third kappa shape index (κ3) is 3.22. The summed E-state index contributed by atoms with van der Waals surface area (Å²) in [6.07, 6.45) is 0. The highest BCUT2D eigenvalue weighted by Gasteiger charge is 2.13. The largest absolute Gasteiger partial charge is 0.489 e. The maximum Gasteiger partial charge on any atom is 0.134 e. The SMILES string of the molecule is CNCc1oc2ccccc2c1COc1cccc(I)c1. The highest BCUT2D eigenvalue weighted by molar-refractivity contribution is 14.1. The Morgan fingerprint density at radius 1 is 1.14 bits per heavy atom. The van der Waals surface area contributed by atoms with Crippen molar-refractivity contribution in [3.8, 4) is 5.75 Å². The molecule has 1 heterocycles. The van der Waals surface area contributed by atoms with Crippen LogP contribution in [0.15, 0.2) is 52.9 Å². The molecular weight excluding hydrogens is 377 g/mol. The van der Waals surface area contributed by atoms with Crippen LogP contribution in [-0.4, -0.2) is 7.05 Å². The van der Waals surface area contributed by atoms with Crippen LogP contribution < -0.4 is 10.1 Å². The van der Waals surface area contributed by atoms with E-state index in [1.54, 1.807) is 0 Å². The van der Waals surface area contributed by atoms with E-state index in [0.29, 0.717) is 13.2 Å². The molecule has 0 aliphatic rings. The van der Waals surface area contributed by atoms with Crippen LogP contribution in [0.4, 0.5) is 0 Å². The smallest absolute Gasteiger partial charge is 0.134 e. The quantitative estimate of drug-likeness (QED) is 0.656. The van der Waals surface area contributed by atoms with Gasteiger partial charge in [0.1, 0.15) is 23.7 Å². The highest BCUT2D eigenvalue weighted by Crippen LogP contribution is 2.27. The van der Waals surface area contributed by atoms with Crippen LogP contribution in [0.2, 0.25) is 0 Å². The first kappa shape index (κ1) is 14.4. The van der Waals surface area contributed by atoms with Crippen molar-refractivity contribution < 1.29 is 9.15 Å². The zero-order chi connectivity index (χ0) is 14.7. The lowest BCUT2D eigenvalue weighted by Crippen LogP contribution is -2.07. The minimum atomic E-state index is 0.508. The van der Waals surface area contributed by atoms with E-state index in [-0.39, 0.29) is 0 Å². The Labute approximate surface area is 137 Å². The summed E-state index contributed by atoms with van der Waals surface area (Å²) >= 11 is 2.28. The second kappa shape index (κ2) is 6.49. The van der Waals surface area contributed by atoms with Gasteiger partial charge in [0.2, 0.25) is 0 Å². The van der Waals surface area contributed by atoms with Crippen LogP contribution in [0.3, 0.4) is 0 Å². The van der Waals surface area contributed by atoms with Crippen molar-refractivity contribution in [1.82, 2.24) is 5.32 Å². The molecule has 0 atom stereocenters. The first-order valence-electron chi connectivity index (χ1n) is 6.80. The molecule has 0 unspecified atom stereocenters. The molecule has 0 aliphatic carbocycles. The Kier molecular flexibility index (Phi) is 4.45. The number of para-hydroxylation sites is 1. The fourth-order valence-corrected chi connectivity index (χ4v) is 2.84. The third-order valence-corrected chi connectivity index (χ3v) is 3.97. The molecule has 21 heavy (non-hydrogen) atoms. The summed E-state index contributed by atoms with van der Waals surface area (Å²) in [7, 11) is 1.91. The van der Waals surface area contributed by atoms with Crippen LogP contribution in [0.5, 0.6) is 5.75 Å². The molecule has 3 aromatic rings. The maximum atomic E-state index is 5.93. The number of furan rings is 1. The fraction of sp³-hybridized carbons (Fsp3) is 0.176. The Hall–Kier alpha value is -1.53. The number of ether oxygens (including phenoxy) is 1. The summed E-state index contributed by atoms with van der Waals surface area (Å²) in [5, 5.41) is 4.26. The molecule has 3 nitrogen and oxygen atoms in total. The lowest BCUT2D eigenvalue weighted by Gasteiger charge is -2.07. The van der Waals surface area contributed by atoms with E-state index in [1.807, 2.05) is 49.5 Å². The minimum absolute atomic E-state index is 0.508. The first-order chi connectivity index (χ1) is 10.3. The Bertz CT molecular complexity index is 751. The number of hydrogen-bond acceptors (Lipinski definition) is 3. The van der Waals surface area contributed by atoms with Crippen LogP contribution in [0, 0.1) is 3.57 Å². The first-order valence-corrected chi connectivity index (χ1v) is 7.88. The highest BCUT2D eigenvalue weighted by atomic mass is 127. The molecule has 1 aromatic heterocycles. The molecule has 0 saturated heterocycles. The van der Waals surface area contributed by atoms with E-state index in [2.05, 4.69) is 34.0 Å². The average molecular weight is 393 g/mol. The predicted molar refractivity (Wildman–Crippen MR) is 92.5 cm³/mol. The third-order valence-electron chi connectivity index (χ3n) is 3.30. The lowest BCUT2D eigenvalue weighted by atomic mass is 10.1. The molecule has 0 fully saturated rings. The van der Waals surface area contributed by atoms with Gasteiger partial charge in [-0.2, -0.15) is 0 Å². The summed E-state index contributed by atoms with van der Waals surface area (Å²) < 4.78 is 13.0. The zero-order valence-electron chi connectivity index (χ0n) is 11.7. The second-order valence-corrected chi connectivity index (χ2v) is 6.02. The summed E-state index contributed by atoms with van der Waals surface area (Å²) in [4.78, 5) is 0. The van der Waals surface area contributed by atoms with Gasteiger partial charge < -0.3 is 14.5 Å². The second-order valence-electron chi connectivity index (χ2n) is 4.78. The number of halogens is 1. The van der Waals surface area contributed by atoms with Crippen LogP contribution in [-0.2, 0) is 13.2 Å². The lowest BCUT2D eigenvalue weighted by molar-refractivity contribution is 0.302. The van der Waals surface area contributed by atoms with Gasteiger partial charge in [0.25, 0.3) is 0 Å². The predicted octanol–water partition coefficient (Wildman–Crippen LogP) is 4.34. The number of nitrogens with one attached hydrogen (secondary N) is 1. The van der Waals surface area contributed by atoms with Crippen LogP contribution >= 0.6 is 22.6 Å². The number of hydrogen-bond donors (Lipinski definition) is 1. The van der Waals surface area contributed by atoms with E-state index < -0.39 is 0 Å². The van der Waals surface area contributed by atoms with Crippen molar-refractivity contribution in [3.63, 3.8) is 0 Å². The van der Waals surface area contributed by atoms with Gasteiger partial charge in [-0.25, -0.2) is 0 Å². The molecule has 3 rings (SSSR count). The van der Waals surface area contributed by atoms with E-state index in [4.69, 9.17) is 9.15 Å². The van der Waals surface area contributed by atoms with Crippen molar-refractivity contribution >= 4 is 33.6 Å². The molecule has 0 bridgehead atoms. The number of rotatable bonds is 5. The molecule has 0 aliphatic heterocycles. The molecule has 1 N–H and O–H groups in total. The summed E-state index contributed by atoms with van der Waals surface area (Å²) in [5.74, 6) is 1.81. The van der Waals surface area contributed by atoms with Gasteiger partial charge in [-0.1, -0.05) is 24.3 Å². The van der Waals surface area contributed by atoms with Gasteiger partial charge in [-0.15, -0.1) is 0 Å². The molecule has 0 spiro atoms. The topological polar surface area (TPSA) is 34.4 Å². The van der Waals surface area contributed by atoms with Crippen molar-refractivity contribution in [1.29, 1.82) is 0 Å². The number of benzene rings is 2. The van der Waals surface area contributed by atoms with E-state index in [1.165, 1.54) is 0 Å². The summed E-state index contributed by atoms with van der Waals surface area (Å²) in [6, 6.07) is 16.1.